The van der Waals surface area contributed by atoms with Crippen molar-refractivity contribution in [2.45, 2.75) is 19.4 Å². The van der Waals surface area contributed by atoms with Crippen LogP contribution in [0.25, 0.3) is 6.08 Å². The minimum atomic E-state index is -0.235. The molecule has 0 spiro atoms. The van der Waals surface area contributed by atoms with Gasteiger partial charge in [0.2, 0.25) is 0 Å². The molecule has 0 aromatic heterocycles. The molecule has 1 aromatic carbocycles. The summed E-state index contributed by atoms with van der Waals surface area (Å²) in [6.45, 7) is 4.76. The Labute approximate surface area is 92.2 Å². The molecule has 1 aromatic rings. The number of rotatable bonds is 4. The predicted octanol–water partition coefficient (Wildman–Crippen LogP) is 2.70. The van der Waals surface area contributed by atoms with Crippen LogP contribution in [0.4, 0.5) is 0 Å². The van der Waals surface area contributed by atoms with Crippen molar-refractivity contribution in [1.29, 1.82) is 0 Å². The van der Waals surface area contributed by atoms with Crippen LogP contribution in [0.1, 0.15) is 19.4 Å². The van der Waals surface area contributed by atoms with Gasteiger partial charge in [-0.15, -0.1) is 6.42 Å². The molecule has 1 N–H and O–H groups in total. The van der Waals surface area contributed by atoms with E-state index in [2.05, 4.69) is 35.5 Å². The van der Waals surface area contributed by atoms with Gasteiger partial charge in [-0.05, 0) is 19.4 Å². The van der Waals surface area contributed by atoms with Crippen LogP contribution in [-0.4, -0.2) is 12.1 Å². The third kappa shape index (κ3) is 4.49. The summed E-state index contributed by atoms with van der Waals surface area (Å²) < 4.78 is 0. The molecule has 1 heteroatoms. The number of nitrogens with one attached hydrogen (secondary N) is 1. The van der Waals surface area contributed by atoms with Gasteiger partial charge in [0.25, 0.3) is 0 Å². The lowest BCUT2D eigenvalue weighted by Gasteiger charge is -2.17. The fraction of sp³-hybridized carbons (Fsp3) is 0.286. The molecule has 0 saturated carbocycles. The van der Waals surface area contributed by atoms with Gasteiger partial charge in [0.15, 0.2) is 0 Å². The van der Waals surface area contributed by atoms with Gasteiger partial charge >= 0.3 is 0 Å². The van der Waals surface area contributed by atoms with Gasteiger partial charge in [0.05, 0.1) is 5.54 Å². The summed E-state index contributed by atoms with van der Waals surface area (Å²) >= 11 is 0. The van der Waals surface area contributed by atoms with Crippen LogP contribution in [0.3, 0.4) is 0 Å². The molecule has 0 aliphatic carbocycles. The normalized spacial score (nSPS) is 11.5. The molecule has 0 amide bonds. The van der Waals surface area contributed by atoms with E-state index in [-0.39, 0.29) is 5.54 Å². The van der Waals surface area contributed by atoms with E-state index >= 15 is 0 Å². The van der Waals surface area contributed by atoms with E-state index in [1.165, 1.54) is 5.56 Å². The Morgan fingerprint density at radius 2 is 2.00 bits per heavy atom. The van der Waals surface area contributed by atoms with E-state index in [4.69, 9.17) is 6.42 Å². The van der Waals surface area contributed by atoms with Gasteiger partial charge in [-0.25, -0.2) is 0 Å². The van der Waals surface area contributed by atoms with Crippen molar-refractivity contribution >= 4 is 6.08 Å². The van der Waals surface area contributed by atoms with Crippen LogP contribution in [0.15, 0.2) is 36.4 Å². The molecule has 15 heavy (non-hydrogen) atoms. The van der Waals surface area contributed by atoms with Crippen molar-refractivity contribution in [1.82, 2.24) is 5.32 Å². The van der Waals surface area contributed by atoms with Crippen LogP contribution >= 0.6 is 0 Å². The summed E-state index contributed by atoms with van der Waals surface area (Å²) in [6, 6.07) is 10.2. The lowest BCUT2D eigenvalue weighted by molar-refractivity contribution is 0.523. The first kappa shape index (κ1) is 11.6. The average Bonchev–Trinajstić information content (AvgIpc) is 2.26. The van der Waals surface area contributed by atoms with Gasteiger partial charge < -0.3 is 0 Å². The Morgan fingerprint density at radius 1 is 1.33 bits per heavy atom. The lowest BCUT2D eigenvalue weighted by atomic mass is 10.1. The third-order valence-corrected chi connectivity index (χ3v) is 2.13. The Bertz CT molecular complexity index is 355. The monoisotopic (exact) mass is 199 g/mol. The molecule has 0 saturated heterocycles. The van der Waals surface area contributed by atoms with Crippen LogP contribution in [0.5, 0.6) is 0 Å². The first-order chi connectivity index (χ1) is 7.14. The standard InChI is InChI=1S/C14H17N/c1-4-14(2,3)15-12-8-11-13-9-6-5-7-10-13/h1,5-11,15H,12H2,2-3H3. The lowest BCUT2D eigenvalue weighted by Crippen LogP contribution is -2.37. The van der Waals surface area contributed by atoms with Crippen LogP contribution in [0.2, 0.25) is 0 Å². The summed E-state index contributed by atoms with van der Waals surface area (Å²) in [5, 5.41) is 3.26. The average molecular weight is 199 g/mol. The van der Waals surface area contributed by atoms with E-state index in [1.807, 2.05) is 32.0 Å². The van der Waals surface area contributed by atoms with Crippen molar-refractivity contribution in [2.75, 3.05) is 6.54 Å². The minimum absolute atomic E-state index is 0.235. The van der Waals surface area contributed by atoms with Crippen LogP contribution in [-0.2, 0) is 0 Å². The first-order valence-electron chi connectivity index (χ1n) is 5.08. The molecule has 1 rings (SSSR count). The first-order valence-corrected chi connectivity index (χ1v) is 5.08. The van der Waals surface area contributed by atoms with E-state index < -0.39 is 0 Å². The highest BCUT2D eigenvalue weighted by atomic mass is 14.9. The van der Waals surface area contributed by atoms with Gasteiger partial charge in [-0.1, -0.05) is 48.4 Å². The van der Waals surface area contributed by atoms with Gasteiger partial charge in [-0.3, -0.25) is 5.32 Å². The quantitative estimate of drug-likeness (QED) is 0.735. The van der Waals surface area contributed by atoms with Gasteiger partial charge in [0.1, 0.15) is 0 Å². The molecule has 0 unspecified atom stereocenters. The van der Waals surface area contributed by atoms with Crippen molar-refractivity contribution in [3.8, 4) is 12.3 Å². The zero-order valence-corrected chi connectivity index (χ0v) is 9.33. The molecule has 0 radical (unpaired) electrons. The zero-order valence-electron chi connectivity index (χ0n) is 9.33. The summed E-state index contributed by atoms with van der Waals surface area (Å²) in [6.07, 6.45) is 9.52. The molecule has 0 atom stereocenters. The van der Waals surface area contributed by atoms with Gasteiger partial charge in [-0.2, -0.15) is 0 Å². The number of hydrogen-bond acceptors (Lipinski definition) is 1. The maximum absolute atomic E-state index is 5.36. The highest BCUT2D eigenvalue weighted by Gasteiger charge is 2.09. The molecule has 1 nitrogen and oxygen atoms in total. The Kier molecular flexibility index (Phi) is 4.15. The second-order valence-corrected chi connectivity index (χ2v) is 3.96. The molecule has 0 heterocycles. The minimum Gasteiger partial charge on any atom is -0.298 e. The largest absolute Gasteiger partial charge is 0.298 e. The summed E-state index contributed by atoms with van der Waals surface area (Å²) in [7, 11) is 0. The fourth-order valence-corrected chi connectivity index (χ4v) is 1.12. The molecule has 0 aliphatic heterocycles. The predicted molar refractivity (Wildman–Crippen MR) is 66.4 cm³/mol. The maximum atomic E-state index is 5.36. The molecule has 0 bridgehead atoms. The Balaban J connectivity index is 2.39. The van der Waals surface area contributed by atoms with Crippen molar-refractivity contribution in [2.24, 2.45) is 0 Å². The second-order valence-electron chi connectivity index (χ2n) is 3.96. The summed E-state index contributed by atoms with van der Waals surface area (Å²) in [4.78, 5) is 0. The smallest absolute Gasteiger partial charge is 0.0743 e. The maximum Gasteiger partial charge on any atom is 0.0743 e. The highest BCUT2D eigenvalue weighted by Crippen LogP contribution is 2.01. The van der Waals surface area contributed by atoms with E-state index in [9.17, 15) is 0 Å². The van der Waals surface area contributed by atoms with Crippen LogP contribution in [0, 0.1) is 12.3 Å². The van der Waals surface area contributed by atoms with Crippen molar-refractivity contribution < 1.29 is 0 Å². The second kappa shape index (κ2) is 5.38. The van der Waals surface area contributed by atoms with E-state index in [1.54, 1.807) is 0 Å². The molecule has 0 fully saturated rings. The molecular formula is C14H17N. The number of terminal acetylenes is 1. The SMILES string of the molecule is C#CC(C)(C)NCC=Cc1ccccc1. The Morgan fingerprint density at radius 3 is 2.60 bits per heavy atom. The Hall–Kier alpha value is -1.52. The van der Waals surface area contributed by atoms with E-state index in [0.717, 1.165) is 6.54 Å². The third-order valence-electron chi connectivity index (χ3n) is 2.13. The topological polar surface area (TPSA) is 12.0 Å². The van der Waals surface area contributed by atoms with Crippen molar-refractivity contribution in [3.05, 3.63) is 42.0 Å². The summed E-state index contributed by atoms with van der Waals surface area (Å²) in [5.74, 6) is 2.69. The van der Waals surface area contributed by atoms with E-state index in [0.29, 0.717) is 0 Å². The van der Waals surface area contributed by atoms with Gasteiger partial charge in [0, 0.05) is 6.54 Å². The van der Waals surface area contributed by atoms with Crippen LogP contribution < -0.4 is 5.32 Å². The highest BCUT2D eigenvalue weighted by molar-refractivity contribution is 5.48. The molecule has 78 valence electrons. The molecular weight excluding hydrogens is 182 g/mol. The number of benzene rings is 1. The fourth-order valence-electron chi connectivity index (χ4n) is 1.12. The van der Waals surface area contributed by atoms with Crippen molar-refractivity contribution in [3.63, 3.8) is 0 Å². The zero-order chi connectivity index (χ0) is 11.1. The molecule has 0 aliphatic rings. The summed E-state index contributed by atoms with van der Waals surface area (Å²) in [5.41, 5.74) is 0.971. The number of hydrogen-bond donors (Lipinski definition) is 1.